The number of unbranched alkanes of at least 4 members (excludes halogenated alkanes) is 4. The van der Waals surface area contributed by atoms with Gasteiger partial charge in [-0.25, -0.2) is 0 Å². The molecule has 2 unspecified atom stereocenters. The number of ketones is 1. The number of fused-ring (bicyclic) bond motifs is 1. The van der Waals surface area contributed by atoms with Gasteiger partial charge in [0.25, 0.3) is 0 Å². The molecule has 0 aliphatic heterocycles. The lowest BCUT2D eigenvalue weighted by Gasteiger charge is -2.04. The molecule has 0 aromatic carbocycles. The predicted octanol–water partition coefficient (Wildman–Crippen LogP) is 4.35. The van der Waals surface area contributed by atoms with Crippen molar-refractivity contribution in [3.05, 3.63) is 0 Å². The molecule has 0 radical (unpaired) electrons. The van der Waals surface area contributed by atoms with Gasteiger partial charge in [-0.2, -0.15) is 0 Å². The summed E-state index contributed by atoms with van der Waals surface area (Å²) in [6.45, 7) is 2.24. The van der Waals surface area contributed by atoms with E-state index in [-0.39, 0.29) is 0 Å². The molecule has 1 heteroatoms. The zero-order chi connectivity index (χ0) is 11.4. The summed E-state index contributed by atoms with van der Waals surface area (Å²) in [6, 6.07) is 0. The van der Waals surface area contributed by atoms with E-state index in [1.807, 2.05) is 0 Å². The zero-order valence-electron chi connectivity index (χ0n) is 10.7. The van der Waals surface area contributed by atoms with Crippen molar-refractivity contribution >= 4 is 5.78 Å². The van der Waals surface area contributed by atoms with Crippen LogP contribution in [0.1, 0.15) is 71.1 Å². The van der Waals surface area contributed by atoms with Gasteiger partial charge < -0.3 is 0 Å². The summed E-state index contributed by atoms with van der Waals surface area (Å²) in [5.41, 5.74) is 0. The maximum Gasteiger partial charge on any atom is 0.136 e. The minimum atomic E-state index is 0.508. The fraction of sp³-hybridized carbons (Fsp3) is 0.933. The van der Waals surface area contributed by atoms with Crippen LogP contribution >= 0.6 is 0 Å². The Balaban J connectivity index is 1.58. The monoisotopic (exact) mass is 222 g/mol. The molecule has 2 rings (SSSR count). The summed E-state index contributed by atoms with van der Waals surface area (Å²) >= 11 is 0. The molecule has 0 saturated heterocycles. The highest BCUT2D eigenvalue weighted by atomic mass is 16.1. The second-order valence-corrected chi connectivity index (χ2v) is 5.77. The van der Waals surface area contributed by atoms with E-state index >= 15 is 0 Å². The summed E-state index contributed by atoms with van der Waals surface area (Å²) in [6.07, 6.45) is 12.7. The Morgan fingerprint density at radius 2 is 1.62 bits per heavy atom. The molecule has 2 aliphatic rings. The molecule has 16 heavy (non-hydrogen) atoms. The smallest absolute Gasteiger partial charge is 0.136 e. The van der Waals surface area contributed by atoms with Crippen LogP contribution in [0.3, 0.4) is 0 Å². The highest BCUT2D eigenvalue weighted by Gasteiger charge is 2.53. The van der Waals surface area contributed by atoms with Gasteiger partial charge in [0.2, 0.25) is 0 Å². The minimum absolute atomic E-state index is 0.508. The van der Waals surface area contributed by atoms with E-state index in [9.17, 15) is 4.79 Å². The molecular weight excluding hydrogens is 196 g/mol. The van der Waals surface area contributed by atoms with Crippen molar-refractivity contribution in [2.45, 2.75) is 71.1 Å². The Kier molecular flexibility index (Phi) is 4.43. The van der Waals surface area contributed by atoms with Crippen molar-refractivity contribution in [2.75, 3.05) is 0 Å². The van der Waals surface area contributed by atoms with Crippen LogP contribution in [0.2, 0.25) is 0 Å². The average molecular weight is 222 g/mol. The standard InChI is InChI=1S/C15H26O/c1-2-3-4-5-6-11-14(16)15-12-9-7-8-10-13(12)15/h12-13,15H,2-11H2,1H3. The summed E-state index contributed by atoms with van der Waals surface area (Å²) in [5.74, 6) is 2.75. The summed E-state index contributed by atoms with van der Waals surface area (Å²) in [7, 11) is 0. The van der Waals surface area contributed by atoms with Gasteiger partial charge in [-0.3, -0.25) is 4.79 Å². The summed E-state index contributed by atoms with van der Waals surface area (Å²) < 4.78 is 0. The Morgan fingerprint density at radius 3 is 2.25 bits per heavy atom. The van der Waals surface area contributed by atoms with E-state index in [0.29, 0.717) is 11.7 Å². The first-order valence-electron chi connectivity index (χ1n) is 7.37. The van der Waals surface area contributed by atoms with E-state index < -0.39 is 0 Å². The maximum atomic E-state index is 12.0. The third-order valence-electron chi connectivity index (χ3n) is 4.56. The van der Waals surface area contributed by atoms with Gasteiger partial charge in [-0.05, 0) is 31.1 Å². The van der Waals surface area contributed by atoms with Crippen molar-refractivity contribution < 1.29 is 4.79 Å². The third kappa shape index (κ3) is 2.87. The molecular formula is C15H26O. The van der Waals surface area contributed by atoms with Crippen LogP contribution in [0.25, 0.3) is 0 Å². The van der Waals surface area contributed by atoms with Gasteiger partial charge >= 0.3 is 0 Å². The number of Topliss-reactive ketones (excluding diaryl/α,β-unsaturated/α-hetero) is 1. The highest BCUT2D eigenvalue weighted by Crippen LogP contribution is 2.56. The van der Waals surface area contributed by atoms with Crippen LogP contribution in [0.15, 0.2) is 0 Å². The van der Waals surface area contributed by atoms with Crippen molar-refractivity contribution in [2.24, 2.45) is 17.8 Å². The molecule has 2 aliphatic carbocycles. The summed E-state index contributed by atoms with van der Waals surface area (Å²) in [4.78, 5) is 12.0. The summed E-state index contributed by atoms with van der Waals surface area (Å²) in [5, 5.41) is 0. The van der Waals surface area contributed by atoms with E-state index in [1.54, 1.807) is 0 Å². The molecule has 0 aromatic heterocycles. The zero-order valence-corrected chi connectivity index (χ0v) is 10.7. The molecule has 0 amide bonds. The fourth-order valence-electron chi connectivity index (χ4n) is 3.54. The van der Waals surface area contributed by atoms with Crippen molar-refractivity contribution in [3.8, 4) is 0 Å². The number of hydrogen-bond acceptors (Lipinski definition) is 1. The molecule has 92 valence electrons. The Hall–Kier alpha value is -0.330. The van der Waals surface area contributed by atoms with Gasteiger partial charge in [-0.1, -0.05) is 45.4 Å². The van der Waals surface area contributed by atoms with E-state index in [2.05, 4.69) is 6.92 Å². The Morgan fingerprint density at radius 1 is 1.00 bits per heavy atom. The second-order valence-electron chi connectivity index (χ2n) is 5.77. The molecule has 0 N–H and O–H groups in total. The number of carbonyl (C=O) groups excluding carboxylic acids is 1. The van der Waals surface area contributed by atoms with Gasteiger partial charge in [0, 0.05) is 12.3 Å². The van der Waals surface area contributed by atoms with Crippen LogP contribution in [-0.4, -0.2) is 5.78 Å². The van der Waals surface area contributed by atoms with E-state index in [4.69, 9.17) is 0 Å². The molecule has 2 fully saturated rings. The normalized spacial score (nSPS) is 32.2. The lowest BCUT2D eigenvalue weighted by Crippen LogP contribution is -2.03. The minimum Gasteiger partial charge on any atom is -0.299 e. The molecule has 0 heterocycles. The molecule has 1 nitrogen and oxygen atoms in total. The Labute approximate surface area is 100.0 Å². The van der Waals surface area contributed by atoms with E-state index in [0.717, 1.165) is 24.7 Å². The first-order valence-corrected chi connectivity index (χ1v) is 7.37. The van der Waals surface area contributed by atoms with Gasteiger partial charge in [0.15, 0.2) is 0 Å². The van der Waals surface area contributed by atoms with Crippen molar-refractivity contribution in [1.82, 2.24) is 0 Å². The SMILES string of the molecule is CCCCCCCC(=O)C1C2CCCCC21. The molecule has 2 saturated carbocycles. The fourth-order valence-corrected chi connectivity index (χ4v) is 3.54. The number of carbonyl (C=O) groups is 1. The quantitative estimate of drug-likeness (QED) is 0.585. The largest absolute Gasteiger partial charge is 0.299 e. The molecule has 0 aromatic rings. The second kappa shape index (κ2) is 5.84. The van der Waals surface area contributed by atoms with Gasteiger partial charge in [0.05, 0.1) is 0 Å². The predicted molar refractivity (Wildman–Crippen MR) is 67.3 cm³/mol. The van der Waals surface area contributed by atoms with Crippen LogP contribution in [-0.2, 0) is 4.79 Å². The number of rotatable bonds is 7. The first kappa shape index (κ1) is 12.1. The van der Waals surface area contributed by atoms with Crippen LogP contribution < -0.4 is 0 Å². The highest BCUT2D eigenvalue weighted by molar-refractivity contribution is 5.84. The average Bonchev–Trinajstić information content (AvgIpc) is 3.02. The molecule has 2 atom stereocenters. The lowest BCUT2D eigenvalue weighted by atomic mass is 10.0. The van der Waals surface area contributed by atoms with Crippen LogP contribution in [0.4, 0.5) is 0 Å². The maximum absolute atomic E-state index is 12.0. The van der Waals surface area contributed by atoms with Crippen molar-refractivity contribution in [1.29, 1.82) is 0 Å². The first-order chi connectivity index (χ1) is 7.84. The molecule has 0 bridgehead atoms. The van der Waals surface area contributed by atoms with Gasteiger partial charge in [0.1, 0.15) is 5.78 Å². The van der Waals surface area contributed by atoms with Gasteiger partial charge in [-0.15, -0.1) is 0 Å². The third-order valence-corrected chi connectivity index (χ3v) is 4.56. The van der Waals surface area contributed by atoms with Crippen LogP contribution in [0, 0.1) is 17.8 Å². The van der Waals surface area contributed by atoms with Crippen LogP contribution in [0.5, 0.6) is 0 Å². The topological polar surface area (TPSA) is 17.1 Å². The Bertz CT molecular complexity index is 222. The van der Waals surface area contributed by atoms with E-state index in [1.165, 1.54) is 51.4 Å². The number of hydrogen-bond donors (Lipinski definition) is 0. The van der Waals surface area contributed by atoms with Crippen molar-refractivity contribution in [3.63, 3.8) is 0 Å². The lowest BCUT2D eigenvalue weighted by molar-refractivity contribution is -0.120. The molecule has 0 spiro atoms.